The number of anilines is 1. The van der Waals surface area contributed by atoms with Crippen LogP contribution in [0.5, 0.6) is 0 Å². The predicted octanol–water partition coefficient (Wildman–Crippen LogP) is 3.62. The number of carbonyl (C=O) groups is 1. The number of allylic oxidation sites excluding steroid dienone is 4. The molecule has 0 heterocycles. The highest BCUT2D eigenvalue weighted by Gasteiger charge is 2.06. The van der Waals surface area contributed by atoms with Crippen LogP contribution in [0.2, 0.25) is 0 Å². The van der Waals surface area contributed by atoms with E-state index in [1.165, 1.54) is 0 Å². The Hall–Kier alpha value is -1.81. The van der Waals surface area contributed by atoms with E-state index >= 15 is 0 Å². The minimum absolute atomic E-state index is 0.0875. The highest BCUT2D eigenvalue weighted by atomic mass is 79.9. The molecule has 0 radical (unpaired) electrons. The van der Waals surface area contributed by atoms with Crippen molar-refractivity contribution in [2.45, 2.75) is 6.04 Å². The summed E-state index contributed by atoms with van der Waals surface area (Å²) in [6, 6.07) is 7.12. The summed E-state index contributed by atoms with van der Waals surface area (Å²) in [7, 11) is 0. The van der Waals surface area contributed by atoms with Crippen molar-refractivity contribution >= 4 is 27.6 Å². The third kappa shape index (κ3) is 3.89. The molecule has 1 aliphatic carbocycles. The number of rotatable bonds is 2. The van der Waals surface area contributed by atoms with E-state index in [-0.39, 0.29) is 12.1 Å². The van der Waals surface area contributed by atoms with Crippen LogP contribution in [0.4, 0.5) is 10.5 Å². The molecule has 2 rings (SSSR count). The number of hydrogen-bond acceptors (Lipinski definition) is 1. The molecule has 2 amide bonds. The smallest absolute Gasteiger partial charge is 0.319 e. The second kappa shape index (κ2) is 6.21. The third-order valence-electron chi connectivity index (χ3n) is 2.37. The van der Waals surface area contributed by atoms with Crippen molar-refractivity contribution in [1.29, 1.82) is 0 Å². The maximum atomic E-state index is 11.8. The summed E-state index contributed by atoms with van der Waals surface area (Å²) in [5.41, 5.74) is 0.760. The van der Waals surface area contributed by atoms with Crippen LogP contribution in [0, 0.1) is 0 Å². The zero-order valence-electron chi connectivity index (χ0n) is 9.64. The standard InChI is InChI=1S/C14H13BrN2O/c15-11-7-9-13(10-8-11)17-14(18)16-12-5-3-1-2-4-6-12/h1-10,12H,(H2,16,17,18). The molecule has 0 aromatic heterocycles. The molecular formula is C14H13BrN2O. The van der Waals surface area contributed by atoms with Crippen molar-refractivity contribution in [3.8, 4) is 0 Å². The fourth-order valence-electron chi connectivity index (χ4n) is 1.51. The van der Waals surface area contributed by atoms with Gasteiger partial charge in [0.25, 0.3) is 0 Å². The molecule has 18 heavy (non-hydrogen) atoms. The maximum Gasteiger partial charge on any atom is 0.319 e. The molecule has 0 saturated heterocycles. The molecule has 0 spiro atoms. The highest BCUT2D eigenvalue weighted by Crippen LogP contribution is 2.13. The number of carbonyl (C=O) groups excluding carboxylic acids is 1. The van der Waals surface area contributed by atoms with E-state index < -0.39 is 0 Å². The fraction of sp³-hybridized carbons (Fsp3) is 0.0714. The van der Waals surface area contributed by atoms with Crippen molar-refractivity contribution in [2.24, 2.45) is 0 Å². The van der Waals surface area contributed by atoms with E-state index in [2.05, 4.69) is 26.6 Å². The van der Waals surface area contributed by atoms with E-state index in [0.29, 0.717) is 0 Å². The SMILES string of the molecule is O=C(Nc1ccc(Br)cc1)NC1C=CC=CC=C1. The van der Waals surface area contributed by atoms with Crippen LogP contribution in [0.25, 0.3) is 0 Å². The van der Waals surface area contributed by atoms with Crippen LogP contribution >= 0.6 is 15.9 Å². The first-order chi connectivity index (χ1) is 8.74. The van der Waals surface area contributed by atoms with E-state index in [1.807, 2.05) is 60.7 Å². The van der Waals surface area contributed by atoms with Gasteiger partial charge in [-0.1, -0.05) is 52.4 Å². The van der Waals surface area contributed by atoms with Gasteiger partial charge < -0.3 is 10.6 Å². The van der Waals surface area contributed by atoms with E-state index in [1.54, 1.807) is 0 Å². The molecule has 0 bridgehead atoms. The lowest BCUT2D eigenvalue weighted by Gasteiger charge is -2.11. The van der Waals surface area contributed by atoms with Gasteiger partial charge in [-0.3, -0.25) is 0 Å². The van der Waals surface area contributed by atoms with Gasteiger partial charge in [-0.25, -0.2) is 4.79 Å². The molecule has 1 aliphatic rings. The van der Waals surface area contributed by atoms with Crippen LogP contribution in [0.1, 0.15) is 0 Å². The monoisotopic (exact) mass is 304 g/mol. The second-order valence-electron chi connectivity index (χ2n) is 3.79. The summed E-state index contributed by atoms with van der Waals surface area (Å²) in [6.07, 6.45) is 11.5. The first kappa shape index (κ1) is 12.6. The Morgan fingerprint density at radius 1 is 1.00 bits per heavy atom. The molecule has 0 fully saturated rings. The van der Waals surface area contributed by atoms with Gasteiger partial charge in [0.2, 0.25) is 0 Å². The largest absolute Gasteiger partial charge is 0.328 e. The molecule has 0 atom stereocenters. The molecule has 4 heteroatoms. The van der Waals surface area contributed by atoms with Gasteiger partial charge >= 0.3 is 6.03 Å². The van der Waals surface area contributed by atoms with Crippen molar-refractivity contribution in [1.82, 2.24) is 5.32 Å². The maximum absolute atomic E-state index is 11.8. The summed E-state index contributed by atoms with van der Waals surface area (Å²) in [4.78, 5) is 11.8. The number of benzene rings is 1. The molecule has 1 aromatic rings. The van der Waals surface area contributed by atoms with Crippen LogP contribution in [0.15, 0.2) is 65.2 Å². The van der Waals surface area contributed by atoms with E-state index in [0.717, 1.165) is 10.2 Å². The zero-order chi connectivity index (χ0) is 12.8. The first-order valence-electron chi connectivity index (χ1n) is 5.59. The summed E-state index contributed by atoms with van der Waals surface area (Å²) in [5.74, 6) is 0. The Morgan fingerprint density at radius 2 is 1.61 bits per heavy atom. The summed E-state index contributed by atoms with van der Waals surface area (Å²) >= 11 is 3.35. The fourth-order valence-corrected chi connectivity index (χ4v) is 1.77. The van der Waals surface area contributed by atoms with Gasteiger partial charge in [0, 0.05) is 10.2 Å². The number of halogens is 1. The Bertz CT molecular complexity index is 487. The van der Waals surface area contributed by atoms with Crippen LogP contribution in [0.3, 0.4) is 0 Å². The lowest BCUT2D eigenvalue weighted by molar-refractivity contribution is 0.251. The van der Waals surface area contributed by atoms with Gasteiger partial charge in [-0.15, -0.1) is 0 Å². The molecular weight excluding hydrogens is 292 g/mol. The van der Waals surface area contributed by atoms with Crippen molar-refractivity contribution in [3.63, 3.8) is 0 Å². The zero-order valence-corrected chi connectivity index (χ0v) is 11.2. The summed E-state index contributed by atoms with van der Waals surface area (Å²) < 4.78 is 0.981. The summed E-state index contributed by atoms with van der Waals surface area (Å²) in [6.45, 7) is 0. The summed E-state index contributed by atoms with van der Waals surface area (Å²) in [5, 5.41) is 5.62. The Labute approximate surface area is 114 Å². The Balaban J connectivity index is 1.90. The number of hydrogen-bond donors (Lipinski definition) is 2. The average Bonchev–Trinajstić information content (AvgIpc) is 2.61. The average molecular weight is 305 g/mol. The number of urea groups is 1. The van der Waals surface area contributed by atoms with Crippen LogP contribution in [-0.2, 0) is 0 Å². The predicted molar refractivity (Wildman–Crippen MR) is 77.5 cm³/mol. The Morgan fingerprint density at radius 3 is 2.22 bits per heavy atom. The minimum atomic E-state index is -0.224. The topological polar surface area (TPSA) is 41.1 Å². The quantitative estimate of drug-likeness (QED) is 0.861. The second-order valence-corrected chi connectivity index (χ2v) is 4.70. The minimum Gasteiger partial charge on any atom is -0.328 e. The number of nitrogens with one attached hydrogen (secondary N) is 2. The van der Waals surface area contributed by atoms with E-state index in [4.69, 9.17) is 0 Å². The molecule has 2 N–H and O–H groups in total. The van der Waals surface area contributed by atoms with Crippen LogP contribution in [-0.4, -0.2) is 12.1 Å². The molecule has 92 valence electrons. The normalized spacial score (nSPS) is 14.3. The van der Waals surface area contributed by atoms with Gasteiger partial charge in [-0.05, 0) is 24.3 Å². The van der Waals surface area contributed by atoms with Crippen molar-refractivity contribution < 1.29 is 4.79 Å². The first-order valence-corrected chi connectivity index (χ1v) is 6.38. The lowest BCUT2D eigenvalue weighted by Crippen LogP contribution is -2.35. The van der Waals surface area contributed by atoms with Crippen molar-refractivity contribution in [3.05, 3.63) is 65.2 Å². The molecule has 3 nitrogen and oxygen atoms in total. The van der Waals surface area contributed by atoms with E-state index in [9.17, 15) is 4.79 Å². The van der Waals surface area contributed by atoms with Gasteiger partial charge in [0.1, 0.15) is 0 Å². The third-order valence-corrected chi connectivity index (χ3v) is 2.90. The molecule has 1 aromatic carbocycles. The Kier molecular flexibility index (Phi) is 4.36. The van der Waals surface area contributed by atoms with Crippen molar-refractivity contribution in [2.75, 3.05) is 5.32 Å². The van der Waals surface area contributed by atoms with Gasteiger partial charge in [-0.2, -0.15) is 0 Å². The van der Waals surface area contributed by atoms with Crippen LogP contribution < -0.4 is 10.6 Å². The number of amides is 2. The highest BCUT2D eigenvalue weighted by molar-refractivity contribution is 9.10. The molecule has 0 unspecified atom stereocenters. The molecule has 0 saturated carbocycles. The van der Waals surface area contributed by atoms with Gasteiger partial charge in [0.05, 0.1) is 6.04 Å². The molecule has 0 aliphatic heterocycles. The van der Waals surface area contributed by atoms with Gasteiger partial charge in [0.15, 0.2) is 0 Å². The lowest BCUT2D eigenvalue weighted by atomic mass is 10.2.